The molecule has 0 aromatic rings. The smallest absolute Gasteiger partial charge is 0.103 e. The standard InChI is InChI=1S/C16H33N3O/c1-6-10-18-16(4,14-17)9-8-11-19(12-13-20-5)15(3)7-2/h15,18H,6-13H2,1-5H3. The van der Waals surface area contributed by atoms with Crippen LogP contribution in [0.5, 0.6) is 0 Å². The highest BCUT2D eigenvalue weighted by molar-refractivity contribution is 5.03. The number of rotatable bonds is 12. The summed E-state index contributed by atoms with van der Waals surface area (Å²) in [5, 5.41) is 12.7. The molecule has 0 saturated carbocycles. The van der Waals surface area contributed by atoms with Gasteiger partial charge in [0.15, 0.2) is 0 Å². The molecule has 4 heteroatoms. The van der Waals surface area contributed by atoms with Gasteiger partial charge in [0.25, 0.3) is 0 Å². The average molecular weight is 283 g/mol. The van der Waals surface area contributed by atoms with E-state index in [-0.39, 0.29) is 0 Å². The van der Waals surface area contributed by atoms with Gasteiger partial charge in [0, 0.05) is 19.7 Å². The molecule has 2 unspecified atom stereocenters. The van der Waals surface area contributed by atoms with Gasteiger partial charge in [0.1, 0.15) is 5.54 Å². The summed E-state index contributed by atoms with van der Waals surface area (Å²) in [6.07, 6.45) is 4.13. The molecule has 0 aromatic heterocycles. The second kappa shape index (κ2) is 11.1. The zero-order chi connectivity index (χ0) is 15.4. The van der Waals surface area contributed by atoms with Crippen molar-refractivity contribution < 1.29 is 4.74 Å². The van der Waals surface area contributed by atoms with Crippen molar-refractivity contribution in [2.75, 3.05) is 33.4 Å². The number of hydrogen-bond acceptors (Lipinski definition) is 4. The Balaban J connectivity index is 4.22. The molecule has 0 rings (SSSR count). The predicted octanol–water partition coefficient (Wildman–Crippen LogP) is 2.80. The number of nitriles is 1. The van der Waals surface area contributed by atoms with E-state index < -0.39 is 5.54 Å². The van der Waals surface area contributed by atoms with E-state index in [4.69, 9.17) is 4.74 Å². The zero-order valence-corrected chi connectivity index (χ0v) is 14.0. The Hall–Kier alpha value is -0.630. The molecular weight excluding hydrogens is 250 g/mol. The number of methoxy groups -OCH3 is 1. The van der Waals surface area contributed by atoms with Gasteiger partial charge in [0.05, 0.1) is 12.7 Å². The van der Waals surface area contributed by atoms with Crippen molar-refractivity contribution >= 4 is 0 Å². The molecule has 0 aromatic carbocycles. The molecule has 2 atom stereocenters. The number of nitrogens with zero attached hydrogens (tertiary/aromatic N) is 2. The Morgan fingerprint density at radius 2 is 2.05 bits per heavy atom. The van der Waals surface area contributed by atoms with Crippen molar-refractivity contribution in [1.82, 2.24) is 10.2 Å². The van der Waals surface area contributed by atoms with Crippen LogP contribution in [0.3, 0.4) is 0 Å². The van der Waals surface area contributed by atoms with Crippen LogP contribution in [0.2, 0.25) is 0 Å². The average Bonchev–Trinajstić information content (AvgIpc) is 2.47. The second-order valence-corrected chi connectivity index (χ2v) is 5.76. The molecule has 0 aliphatic heterocycles. The third-order valence-electron chi connectivity index (χ3n) is 3.93. The SMILES string of the molecule is CCCNC(C)(C#N)CCCN(CCOC)C(C)CC. The molecule has 0 heterocycles. The van der Waals surface area contributed by atoms with Gasteiger partial charge >= 0.3 is 0 Å². The number of nitrogens with one attached hydrogen (secondary N) is 1. The van der Waals surface area contributed by atoms with E-state index in [2.05, 4.69) is 37.1 Å². The van der Waals surface area contributed by atoms with Gasteiger partial charge in [-0.25, -0.2) is 0 Å². The first-order valence-electron chi connectivity index (χ1n) is 7.92. The highest BCUT2D eigenvalue weighted by Gasteiger charge is 2.22. The number of hydrogen-bond donors (Lipinski definition) is 1. The topological polar surface area (TPSA) is 48.3 Å². The summed E-state index contributed by atoms with van der Waals surface area (Å²) >= 11 is 0. The van der Waals surface area contributed by atoms with Crippen molar-refractivity contribution in [1.29, 1.82) is 5.26 Å². The largest absolute Gasteiger partial charge is 0.383 e. The van der Waals surface area contributed by atoms with Gasteiger partial charge < -0.3 is 4.74 Å². The maximum atomic E-state index is 9.33. The van der Waals surface area contributed by atoms with Crippen molar-refractivity contribution in [2.24, 2.45) is 0 Å². The summed E-state index contributed by atoms with van der Waals surface area (Å²) in [6.45, 7) is 12.3. The first-order chi connectivity index (χ1) is 9.52. The molecule has 0 spiro atoms. The third-order valence-corrected chi connectivity index (χ3v) is 3.93. The van der Waals surface area contributed by atoms with E-state index in [1.54, 1.807) is 7.11 Å². The summed E-state index contributed by atoms with van der Waals surface area (Å²) in [6, 6.07) is 2.99. The molecule has 0 aliphatic carbocycles. The summed E-state index contributed by atoms with van der Waals surface area (Å²) in [5.41, 5.74) is -0.390. The monoisotopic (exact) mass is 283 g/mol. The highest BCUT2D eigenvalue weighted by Crippen LogP contribution is 2.13. The normalized spacial score (nSPS) is 15.8. The second-order valence-electron chi connectivity index (χ2n) is 5.76. The van der Waals surface area contributed by atoms with Crippen molar-refractivity contribution in [3.8, 4) is 6.07 Å². The lowest BCUT2D eigenvalue weighted by Gasteiger charge is -2.30. The molecular formula is C16H33N3O. The van der Waals surface area contributed by atoms with Gasteiger partial charge in [-0.1, -0.05) is 13.8 Å². The Bertz CT molecular complexity index is 277. The van der Waals surface area contributed by atoms with Crippen molar-refractivity contribution in [3.63, 3.8) is 0 Å². The highest BCUT2D eigenvalue weighted by atomic mass is 16.5. The predicted molar refractivity (Wildman–Crippen MR) is 84.7 cm³/mol. The van der Waals surface area contributed by atoms with E-state index >= 15 is 0 Å². The van der Waals surface area contributed by atoms with Crippen LogP contribution in [0.4, 0.5) is 0 Å². The fourth-order valence-electron chi connectivity index (χ4n) is 2.24. The minimum Gasteiger partial charge on any atom is -0.383 e. The molecule has 0 radical (unpaired) electrons. The maximum absolute atomic E-state index is 9.33. The van der Waals surface area contributed by atoms with Gasteiger partial charge in [-0.3, -0.25) is 10.2 Å². The molecule has 0 bridgehead atoms. The van der Waals surface area contributed by atoms with Crippen LogP contribution in [-0.2, 0) is 4.74 Å². The minimum absolute atomic E-state index is 0.390. The molecule has 0 saturated heterocycles. The lowest BCUT2D eigenvalue weighted by Crippen LogP contribution is -2.43. The summed E-state index contributed by atoms with van der Waals surface area (Å²) in [5.74, 6) is 0. The Morgan fingerprint density at radius 1 is 1.35 bits per heavy atom. The minimum atomic E-state index is -0.390. The van der Waals surface area contributed by atoms with E-state index in [0.29, 0.717) is 6.04 Å². The first kappa shape index (κ1) is 19.4. The first-order valence-corrected chi connectivity index (χ1v) is 7.92. The molecule has 20 heavy (non-hydrogen) atoms. The van der Waals surface area contributed by atoms with Crippen LogP contribution in [0.1, 0.15) is 53.4 Å². The van der Waals surface area contributed by atoms with Crippen molar-refractivity contribution in [2.45, 2.75) is 65.0 Å². The van der Waals surface area contributed by atoms with E-state index in [1.165, 1.54) is 0 Å². The molecule has 0 fully saturated rings. The van der Waals surface area contributed by atoms with Gasteiger partial charge in [-0.15, -0.1) is 0 Å². The Kier molecular flexibility index (Phi) is 10.7. The van der Waals surface area contributed by atoms with Crippen LogP contribution >= 0.6 is 0 Å². The van der Waals surface area contributed by atoms with E-state index in [1.807, 2.05) is 6.92 Å². The quantitative estimate of drug-likeness (QED) is 0.598. The van der Waals surface area contributed by atoms with Gasteiger partial charge in [0.2, 0.25) is 0 Å². The van der Waals surface area contributed by atoms with E-state index in [0.717, 1.165) is 51.9 Å². The molecule has 118 valence electrons. The molecule has 0 aliphatic rings. The van der Waals surface area contributed by atoms with Crippen LogP contribution in [0.15, 0.2) is 0 Å². The Labute approximate surface area is 125 Å². The summed E-state index contributed by atoms with van der Waals surface area (Å²) in [4.78, 5) is 2.46. The van der Waals surface area contributed by atoms with Crippen molar-refractivity contribution in [3.05, 3.63) is 0 Å². The summed E-state index contributed by atoms with van der Waals surface area (Å²) < 4.78 is 5.18. The van der Waals surface area contributed by atoms with Gasteiger partial charge in [-0.2, -0.15) is 5.26 Å². The number of ether oxygens (including phenoxy) is 1. The molecule has 1 N–H and O–H groups in total. The van der Waals surface area contributed by atoms with Gasteiger partial charge in [-0.05, 0) is 52.6 Å². The lowest BCUT2D eigenvalue weighted by molar-refractivity contribution is 0.120. The maximum Gasteiger partial charge on any atom is 0.103 e. The van der Waals surface area contributed by atoms with E-state index in [9.17, 15) is 5.26 Å². The van der Waals surface area contributed by atoms with Crippen LogP contribution < -0.4 is 5.32 Å². The third kappa shape index (κ3) is 7.84. The lowest BCUT2D eigenvalue weighted by atomic mass is 9.97. The summed E-state index contributed by atoms with van der Waals surface area (Å²) in [7, 11) is 1.75. The van der Waals surface area contributed by atoms with Crippen LogP contribution in [-0.4, -0.2) is 49.8 Å². The molecule has 0 amide bonds. The Morgan fingerprint density at radius 3 is 2.55 bits per heavy atom. The van der Waals surface area contributed by atoms with Crippen LogP contribution in [0, 0.1) is 11.3 Å². The zero-order valence-electron chi connectivity index (χ0n) is 14.0. The fourth-order valence-corrected chi connectivity index (χ4v) is 2.24. The fraction of sp³-hybridized carbons (Fsp3) is 0.938. The molecule has 4 nitrogen and oxygen atoms in total. The van der Waals surface area contributed by atoms with Crippen LogP contribution in [0.25, 0.3) is 0 Å².